The van der Waals surface area contributed by atoms with Crippen LogP contribution in [0.5, 0.6) is 0 Å². The van der Waals surface area contributed by atoms with Crippen LogP contribution in [0.4, 0.5) is 4.39 Å². The Hall–Kier alpha value is -7.37. The first kappa shape index (κ1) is 33.9. The quantitative estimate of drug-likeness (QED) is 0.170. The Morgan fingerprint density at radius 3 is 1.67 bits per heavy atom. The molecule has 0 saturated heterocycles. The van der Waals surface area contributed by atoms with E-state index >= 15 is 4.39 Å². The number of rotatable bonds is 6. The van der Waals surface area contributed by atoms with Gasteiger partial charge in [0.15, 0.2) is 5.82 Å². The van der Waals surface area contributed by atoms with E-state index in [4.69, 9.17) is 9.97 Å². The lowest BCUT2D eigenvalue weighted by molar-refractivity contribution is 0.286. The number of halogens is 1. The lowest BCUT2D eigenvalue weighted by atomic mass is 9.96. The van der Waals surface area contributed by atoms with E-state index in [-0.39, 0.29) is 0 Å². The molecule has 0 spiro atoms. The van der Waals surface area contributed by atoms with Gasteiger partial charge < -0.3 is 9.13 Å². The highest BCUT2D eigenvalue weighted by Crippen LogP contribution is 2.36. The normalized spacial score (nSPS) is 15.0. The summed E-state index contributed by atoms with van der Waals surface area (Å²) in [6.07, 6.45) is 4.18. The van der Waals surface area contributed by atoms with Crippen molar-refractivity contribution in [1.29, 1.82) is 0 Å². The summed E-state index contributed by atoms with van der Waals surface area (Å²) in [6, 6.07) is 63.4. The molecule has 5 heteroatoms. The molecule has 3 aromatic heterocycles. The van der Waals surface area contributed by atoms with Crippen LogP contribution < -0.4 is 10.6 Å². The Morgan fingerprint density at radius 2 is 0.983 bits per heavy atom. The molecule has 0 radical (unpaired) electrons. The van der Waals surface area contributed by atoms with Crippen LogP contribution in [0.2, 0.25) is 0 Å². The predicted octanol–water partition coefficient (Wildman–Crippen LogP) is 11.9. The molecule has 11 rings (SSSR count). The predicted molar refractivity (Wildman–Crippen MR) is 237 cm³/mol. The first-order valence-electron chi connectivity index (χ1n) is 19.7. The van der Waals surface area contributed by atoms with Gasteiger partial charge in [0.05, 0.1) is 27.9 Å². The number of aromatic nitrogens is 4. The summed E-state index contributed by atoms with van der Waals surface area (Å²) >= 11 is 0. The number of benzene rings is 7. The minimum atomic E-state index is -1.44. The van der Waals surface area contributed by atoms with Crippen LogP contribution in [-0.2, 0) is 0 Å². The van der Waals surface area contributed by atoms with Gasteiger partial charge in [0.1, 0.15) is 5.67 Å². The van der Waals surface area contributed by atoms with E-state index in [1.165, 1.54) is 16.3 Å². The number of fused-ring (bicyclic) bond motifs is 6. The highest BCUT2D eigenvalue weighted by atomic mass is 19.1. The van der Waals surface area contributed by atoms with Crippen LogP contribution in [0.25, 0.3) is 101 Å². The second-order valence-corrected chi connectivity index (χ2v) is 15.4. The van der Waals surface area contributed by atoms with Gasteiger partial charge in [0.2, 0.25) is 0 Å². The number of hydrogen-bond acceptors (Lipinski definition) is 2. The Kier molecular flexibility index (Phi) is 7.83. The van der Waals surface area contributed by atoms with Crippen molar-refractivity contribution in [3.05, 3.63) is 193 Å². The smallest absolute Gasteiger partial charge is 0.160 e. The molecule has 3 heterocycles. The molecule has 10 aromatic rings. The molecule has 0 fully saturated rings. The molecular weight excluding hydrogens is 712 g/mol. The Labute approximate surface area is 335 Å². The lowest BCUT2D eigenvalue weighted by Gasteiger charge is -2.16. The molecular formula is C53H37FN4. The van der Waals surface area contributed by atoms with Crippen molar-refractivity contribution in [2.24, 2.45) is 0 Å². The van der Waals surface area contributed by atoms with Crippen molar-refractivity contribution < 1.29 is 4.39 Å². The minimum Gasteiger partial charge on any atom is -0.310 e. The highest BCUT2D eigenvalue weighted by Gasteiger charge is 2.24. The van der Waals surface area contributed by atoms with Crippen molar-refractivity contribution >= 4 is 44.9 Å². The number of nitrogens with zero attached hydrogens (tertiary/aromatic N) is 4. The summed E-state index contributed by atoms with van der Waals surface area (Å²) in [7, 11) is 0. The zero-order valence-corrected chi connectivity index (χ0v) is 31.8. The first-order chi connectivity index (χ1) is 28.5. The maximum Gasteiger partial charge on any atom is 0.160 e. The van der Waals surface area contributed by atoms with E-state index in [0.717, 1.165) is 77.6 Å². The molecule has 1 atom stereocenters. The molecule has 7 aromatic carbocycles. The second kappa shape index (κ2) is 13.4. The summed E-state index contributed by atoms with van der Waals surface area (Å²) in [4.78, 5) is 10.0. The van der Waals surface area contributed by atoms with Crippen molar-refractivity contribution in [2.75, 3.05) is 0 Å². The van der Waals surface area contributed by atoms with Gasteiger partial charge in [0.25, 0.3) is 0 Å². The second-order valence-electron chi connectivity index (χ2n) is 15.4. The van der Waals surface area contributed by atoms with Gasteiger partial charge in [-0.3, -0.25) is 0 Å². The molecule has 0 N–H and O–H groups in total. The van der Waals surface area contributed by atoms with Crippen molar-refractivity contribution in [2.45, 2.75) is 19.0 Å². The van der Waals surface area contributed by atoms with Crippen molar-refractivity contribution in [3.8, 4) is 56.4 Å². The van der Waals surface area contributed by atoms with Crippen LogP contribution in [0.15, 0.2) is 182 Å². The maximum absolute atomic E-state index is 15.8. The average molecular weight is 749 g/mol. The highest BCUT2D eigenvalue weighted by molar-refractivity contribution is 6.10. The van der Waals surface area contributed by atoms with Crippen molar-refractivity contribution in [3.63, 3.8) is 0 Å². The molecule has 0 amide bonds. The summed E-state index contributed by atoms with van der Waals surface area (Å²) in [5.74, 6) is 0.683. The summed E-state index contributed by atoms with van der Waals surface area (Å²) < 4.78 is 20.4. The maximum atomic E-state index is 15.8. The van der Waals surface area contributed by atoms with Gasteiger partial charge in [-0.15, -0.1) is 0 Å². The summed E-state index contributed by atoms with van der Waals surface area (Å²) in [5, 5.41) is 5.37. The molecule has 0 aliphatic heterocycles. The first-order valence-corrected chi connectivity index (χ1v) is 19.7. The fourth-order valence-electron chi connectivity index (χ4n) is 8.66. The van der Waals surface area contributed by atoms with Gasteiger partial charge in [-0.1, -0.05) is 127 Å². The fourth-order valence-corrected chi connectivity index (χ4v) is 8.66. The number of hydrogen-bond donors (Lipinski definition) is 0. The molecule has 1 unspecified atom stereocenters. The molecule has 276 valence electrons. The van der Waals surface area contributed by atoms with Gasteiger partial charge in [-0.2, -0.15) is 0 Å². The Morgan fingerprint density at radius 1 is 0.466 bits per heavy atom. The lowest BCUT2D eigenvalue weighted by Crippen LogP contribution is -2.36. The van der Waals surface area contributed by atoms with Gasteiger partial charge in [0, 0.05) is 61.2 Å². The summed E-state index contributed by atoms with van der Waals surface area (Å²) in [5.41, 5.74) is 11.0. The minimum absolute atomic E-state index is 0.314. The largest absolute Gasteiger partial charge is 0.310 e. The third-order valence-corrected chi connectivity index (χ3v) is 11.5. The van der Waals surface area contributed by atoms with E-state index in [0.29, 0.717) is 12.2 Å². The SMILES string of the molecule is CC1(F)C=c2c(n(-c3ccc(-c4cc(-c5ccccc5)nc(-c5ccccc5)n4)cc3)c3ccc(-c4ccc5c(c4)c4ccccc4n5-c4ccccc4)cc23)=CC1. The zero-order chi connectivity index (χ0) is 38.8. The van der Waals surface area contributed by atoms with E-state index in [1.807, 2.05) is 54.6 Å². The molecule has 0 saturated carbocycles. The monoisotopic (exact) mass is 748 g/mol. The average Bonchev–Trinajstić information content (AvgIpc) is 3.78. The zero-order valence-electron chi connectivity index (χ0n) is 31.8. The molecule has 1 aliphatic carbocycles. The topological polar surface area (TPSA) is 35.6 Å². The Balaban J connectivity index is 1.03. The van der Waals surface area contributed by atoms with Gasteiger partial charge in [-0.05, 0) is 84.8 Å². The summed E-state index contributed by atoms with van der Waals surface area (Å²) in [6.45, 7) is 1.67. The third-order valence-electron chi connectivity index (χ3n) is 11.5. The Bertz CT molecular complexity index is 3250. The van der Waals surface area contributed by atoms with Gasteiger partial charge in [-0.25, -0.2) is 14.4 Å². The van der Waals surface area contributed by atoms with E-state index in [9.17, 15) is 0 Å². The number of para-hydroxylation sites is 2. The van der Waals surface area contributed by atoms with Crippen LogP contribution in [0.1, 0.15) is 13.3 Å². The van der Waals surface area contributed by atoms with Gasteiger partial charge >= 0.3 is 0 Å². The van der Waals surface area contributed by atoms with E-state index in [2.05, 4.69) is 149 Å². The molecule has 58 heavy (non-hydrogen) atoms. The standard InChI is InChI=1S/C53H37FN4/c1-53(54)30-29-51-45(34-53)44-32-39(38-23-27-49-43(31-38)42-19-11-12-20-48(42)57(49)40-17-9-4-10-18-40)24-28-50(44)58(51)41-25-21-36(22-26-41)47-33-46(35-13-5-2-6-14-35)55-52(56-47)37-15-7-3-8-16-37/h2-29,31-34H,30H2,1H3. The molecule has 4 nitrogen and oxygen atoms in total. The van der Waals surface area contributed by atoms with E-state index in [1.54, 1.807) is 6.92 Å². The van der Waals surface area contributed by atoms with E-state index < -0.39 is 5.67 Å². The van der Waals surface area contributed by atoms with Crippen molar-refractivity contribution in [1.82, 2.24) is 19.1 Å². The fraction of sp³-hybridized carbons (Fsp3) is 0.0566. The van der Waals surface area contributed by atoms with Crippen LogP contribution in [0.3, 0.4) is 0 Å². The third kappa shape index (κ3) is 5.74. The van der Waals surface area contributed by atoms with Crippen LogP contribution in [0, 0.1) is 0 Å². The molecule has 1 aliphatic rings. The number of alkyl halides is 1. The molecule has 0 bridgehead atoms. The van der Waals surface area contributed by atoms with Crippen LogP contribution >= 0.6 is 0 Å². The van der Waals surface area contributed by atoms with Crippen LogP contribution in [-0.4, -0.2) is 24.8 Å².